The number of hydrogen-bond acceptors (Lipinski definition) is 4. The number of rotatable bonds is 3. The SMILES string of the molecule is O=C(NNc1ccccn1)C1CCCNC1. The van der Waals surface area contributed by atoms with Crippen LogP contribution in [0.5, 0.6) is 0 Å². The highest BCUT2D eigenvalue weighted by Crippen LogP contribution is 2.09. The highest BCUT2D eigenvalue weighted by molar-refractivity contribution is 5.80. The van der Waals surface area contributed by atoms with Crippen LogP contribution in [-0.2, 0) is 4.79 Å². The van der Waals surface area contributed by atoms with E-state index in [1.165, 1.54) is 0 Å². The van der Waals surface area contributed by atoms with Crippen molar-refractivity contribution >= 4 is 11.7 Å². The van der Waals surface area contributed by atoms with Gasteiger partial charge in [-0.1, -0.05) is 6.07 Å². The molecule has 0 radical (unpaired) electrons. The molecule has 1 fully saturated rings. The van der Waals surface area contributed by atoms with E-state index in [0.717, 1.165) is 25.9 Å². The first kappa shape index (κ1) is 10.9. The van der Waals surface area contributed by atoms with Crippen LogP contribution in [0, 0.1) is 5.92 Å². The lowest BCUT2D eigenvalue weighted by Crippen LogP contribution is -2.42. The molecule has 86 valence electrons. The zero-order chi connectivity index (χ0) is 11.2. The number of nitrogens with one attached hydrogen (secondary N) is 3. The predicted octanol–water partition coefficient (Wildman–Crippen LogP) is 0.524. The summed E-state index contributed by atoms with van der Waals surface area (Å²) >= 11 is 0. The van der Waals surface area contributed by atoms with Crippen molar-refractivity contribution in [3.63, 3.8) is 0 Å². The van der Waals surface area contributed by atoms with E-state index in [0.29, 0.717) is 5.82 Å². The van der Waals surface area contributed by atoms with Crippen molar-refractivity contribution < 1.29 is 4.79 Å². The normalized spacial score (nSPS) is 20.1. The summed E-state index contributed by atoms with van der Waals surface area (Å²) in [6, 6.07) is 5.50. The standard InChI is InChI=1S/C11H16N4O/c16-11(9-4-3-6-12-8-9)15-14-10-5-1-2-7-13-10/h1-2,5,7,9,12H,3-4,6,8H2,(H,13,14)(H,15,16). The molecule has 16 heavy (non-hydrogen) atoms. The molecule has 0 saturated carbocycles. The molecule has 0 spiro atoms. The summed E-state index contributed by atoms with van der Waals surface area (Å²) in [6.07, 6.45) is 3.68. The summed E-state index contributed by atoms with van der Waals surface area (Å²) in [5.74, 6) is 0.738. The van der Waals surface area contributed by atoms with Gasteiger partial charge in [-0.2, -0.15) is 0 Å². The fraction of sp³-hybridized carbons (Fsp3) is 0.455. The van der Waals surface area contributed by atoms with E-state index in [1.807, 2.05) is 12.1 Å². The molecule has 5 nitrogen and oxygen atoms in total. The number of hydrogen-bond donors (Lipinski definition) is 3. The molecule has 5 heteroatoms. The lowest BCUT2D eigenvalue weighted by atomic mass is 9.99. The average Bonchev–Trinajstić information content (AvgIpc) is 2.38. The molecule has 2 heterocycles. The van der Waals surface area contributed by atoms with Gasteiger partial charge in [-0.05, 0) is 31.5 Å². The van der Waals surface area contributed by atoms with Crippen molar-refractivity contribution in [2.75, 3.05) is 18.5 Å². The van der Waals surface area contributed by atoms with Crippen molar-refractivity contribution in [2.24, 2.45) is 5.92 Å². The van der Waals surface area contributed by atoms with E-state index < -0.39 is 0 Å². The second kappa shape index (κ2) is 5.46. The Balaban J connectivity index is 1.79. The number of nitrogens with zero attached hydrogens (tertiary/aromatic N) is 1. The molecule has 3 N–H and O–H groups in total. The fourth-order valence-electron chi connectivity index (χ4n) is 1.74. The highest BCUT2D eigenvalue weighted by atomic mass is 16.2. The molecule has 1 unspecified atom stereocenters. The Hall–Kier alpha value is -1.62. The fourth-order valence-corrected chi connectivity index (χ4v) is 1.74. The Labute approximate surface area is 94.6 Å². The lowest BCUT2D eigenvalue weighted by Gasteiger charge is -2.21. The van der Waals surface area contributed by atoms with Crippen molar-refractivity contribution in [3.8, 4) is 0 Å². The van der Waals surface area contributed by atoms with Crippen LogP contribution in [0.2, 0.25) is 0 Å². The van der Waals surface area contributed by atoms with Crippen molar-refractivity contribution in [3.05, 3.63) is 24.4 Å². The summed E-state index contributed by atoms with van der Waals surface area (Å²) in [6.45, 7) is 1.77. The van der Waals surface area contributed by atoms with Gasteiger partial charge in [-0.25, -0.2) is 4.98 Å². The van der Waals surface area contributed by atoms with Gasteiger partial charge in [0.15, 0.2) is 0 Å². The molecular formula is C11H16N4O. The third-order valence-corrected chi connectivity index (χ3v) is 2.65. The summed E-state index contributed by atoms with van der Waals surface area (Å²) in [5.41, 5.74) is 5.48. The van der Waals surface area contributed by atoms with E-state index in [2.05, 4.69) is 21.2 Å². The minimum Gasteiger partial charge on any atom is -0.316 e. The van der Waals surface area contributed by atoms with Crippen LogP contribution < -0.4 is 16.2 Å². The first-order chi connectivity index (χ1) is 7.86. The van der Waals surface area contributed by atoms with Gasteiger partial charge < -0.3 is 5.32 Å². The summed E-state index contributed by atoms with van der Waals surface area (Å²) in [5, 5.41) is 3.21. The summed E-state index contributed by atoms with van der Waals surface area (Å²) in [4.78, 5) is 15.8. The first-order valence-corrected chi connectivity index (χ1v) is 5.54. The van der Waals surface area contributed by atoms with E-state index >= 15 is 0 Å². The van der Waals surface area contributed by atoms with E-state index in [9.17, 15) is 4.79 Å². The molecule has 1 aromatic rings. The Bertz CT molecular complexity index is 335. The third-order valence-electron chi connectivity index (χ3n) is 2.65. The van der Waals surface area contributed by atoms with Gasteiger partial charge in [-0.15, -0.1) is 0 Å². The molecule has 2 rings (SSSR count). The quantitative estimate of drug-likeness (QED) is 0.650. The van der Waals surface area contributed by atoms with Gasteiger partial charge >= 0.3 is 0 Å². The van der Waals surface area contributed by atoms with Gasteiger partial charge in [0.25, 0.3) is 0 Å². The Morgan fingerprint density at radius 3 is 3.12 bits per heavy atom. The molecule has 0 bridgehead atoms. The third kappa shape index (κ3) is 2.93. The number of aromatic nitrogens is 1. The average molecular weight is 220 g/mol. The number of hydrazine groups is 1. The maximum Gasteiger partial charge on any atom is 0.242 e. The predicted molar refractivity (Wildman–Crippen MR) is 61.6 cm³/mol. The molecule has 1 aromatic heterocycles. The van der Waals surface area contributed by atoms with Crippen molar-refractivity contribution in [2.45, 2.75) is 12.8 Å². The van der Waals surface area contributed by atoms with Crippen LogP contribution in [0.1, 0.15) is 12.8 Å². The Kier molecular flexibility index (Phi) is 3.71. The minimum absolute atomic E-state index is 0.0258. The second-order valence-corrected chi connectivity index (χ2v) is 3.87. The molecule has 1 saturated heterocycles. The molecule has 0 aromatic carbocycles. The van der Waals surface area contributed by atoms with Gasteiger partial charge in [0.05, 0.1) is 5.92 Å². The number of pyridine rings is 1. The molecule has 1 atom stereocenters. The van der Waals surface area contributed by atoms with Crippen LogP contribution in [0.3, 0.4) is 0 Å². The van der Waals surface area contributed by atoms with Crippen molar-refractivity contribution in [1.29, 1.82) is 0 Å². The van der Waals surface area contributed by atoms with Crippen LogP contribution in [0.15, 0.2) is 24.4 Å². The van der Waals surface area contributed by atoms with Gasteiger partial charge in [0.2, 0.25) is 5.91 Å². The number of anilines is 1. The Morgan fingerprint density at radius 1 is 1.50 bits per heavy atom. The summed E-state index contributed by atoms with van der Waals surface area (Å²) in [7, 11) is 0. The van der Waals surface area contributed by atoms with Gasteiger partial charge in [0.1, 0.15) is 5.82 Å². The first-order valence-electron chi connectivity index (χ1n) is 5.54. The number of amides is 1. The van der Waals surface area contributed by atoms with Crippen LogP contribution >= 0.6 is 0 Å². The number of carbonyl (C=O) groups is 1. The largest absolute Gasteiger partial charge is 0.316 e. The van der Waals surface area contributed by atoms with E-state index in [1.54, 1.807) is 12.3 Å². The smallest absolute Gasteiger partial charge is 0.242 e. The van der Waals surface area contributed by atoms with Crippen LogP contribution in [-0.4, -0.2) is 24.0 Å². The lowest BCUT2D eigenvalue weighted by molar-refractivity contribution is -0.124. The number of piperidine rings is 1. The zero-order valence-electron chi connectivity index (χ0n) is 9.07. The summed E-state index contributed by atoms with van der Waals surface area (Å²) < 4.78 is 0. The number of carbonyl (C=O) groups excluding carboxylic acids is 1. The highest BCUT2D eigenvalue weighted by Gasteiger charge is 2.20. The molecule has 1 aliphatic heterocycles. The van der Waals surface area contributed by atoms with Gasteiger partial charge in [-0.3, -0.25) is 15.6 Å². The molecule has 1 amide bonds. The monoisotopic (exact) mass is 220 g/mol. The Morgan fingerprint density at radius 2 is 2.44 bits per heavy atom. The van der Waals surface area contributed by atoms with Crippen LogP contribution in [0.4, 0.5) is 5.82 Å². The maximum absolute atomic E-state index is 11.7. The van der Waals surface area contributed by atoms with Gasteiger partial charge in [0, 0.05) is 12.7 Å². The van der Waals surface area contributed by atoms with Crippen molar-refractivity contribution in [1.82, 2.24) is 15.7 Å². The van der Waals surface area contributed by atoms with E-state index in [4.69, 9.17) is 0 Å². The molecule has 0 aliphatic carbocycles. The topological polar surface area (TPSA) is 66.0 Å². The molecule has 1 aliphatic rings. The van der Waals surface area contributed by atoms with Crippen LogP contribution in [0.25, 0.3) is 0 Å². The molecular weight excluding hydrogens is 204 g/mol. The zero-order valence-corrected chi connectivity index (χ0v) is 9.07. The maximum atomic E-state index is 11.7. The minimum atomic E-state index is 0.0258. The van der Waals surface area contributed by atoms with E-state index in [-0.39, 0.29) is 11.8 Å². The second-order valence-electron chi connectivity index (χ2n) is 3.87.